The van der Waals surface area contributed by atoms with Crippen molar-refractivity contribution in [1.82, 2.24) is 5.32 Å². The number of allylic oxidation sites excluding steroid dienone is 4. The fourth-order valence-corrected chi connectivity index (χ4v) is 2.73. The van der Waals surface area contributed by atoms with Gasteiger partial charge in [0.1, 0.15) is 0 Å². The summed E-state index contributed by atoms with van der Waals surface area (Å²) in [6.45, 7) is 3.50. The van der Waals surface area contributed by atoms with Crippen LogP contribution in [0.15, 0.2) is 23.4 Å². The molecule has 0 aromatic rings. The van der Waals surface area contributed by atoms with E-state index in [0.29, 0.717) is 0 Å². The van der Waals surface area contributed by atoms with Crippen molar-refractivity contribution in [3.05, 3.63) is 29.0 Å². The van der Waals surface area contributed by atoms with E-state index in [9.17, 15) is 0 Å². The van der Waals surface area contributed by atoms with Crippen LogP contribution in [0.4, 0.5) is 0 Å². The van der Waals surface area contributed by atoms with Crippen LogP contribution < -0.4 is 24.2 Å². The minimum Gasteiger partial charge on any atom is -0.417 e. The Balaban J connectivity index is 0.000000845. The van der Waals surface area contributed by atoms with Crippen molar-refractivity contribution in [3.63, 3.8) is 0 Å². The smallest absolute Gasteiger partial charge is 0.417 e. The molecule has 13 heavy (non-hydrogen) atoms. The first-order valence-corrected chi connectivity index (χ1v) is 5.76. The van der Waals surface area contributed by atoms with Crippen LogP contribution in [0.3, 0.4) is 0 Å². The third-order valence-corrected chi connectivity index (χ3v) is 3.76. The van der Waals surface area contributed by atoms with Crippen molar-refractivity contribution in [2.75, 3.05) is 6.54 Å². The minimum atomic E-state index is 0. The fraction of sp³-hybridized carbons (Fsp3) is 0.500. The molecular weight excluding hydrogens is 169 g/mol. The van der Waals surface area contributed by atoms with Gasteiger partial charge >= 0.3 is 18.9 Å². The largest absolute Gasteiger partial charge is 1.00 e. The summed E-state index contributed by atoms with van der Waals surface area (Å²) in [4.78, 5) is 0. The molecule has 1 N–H and O–H groups in total. The van der Waals surface area contributed by atoms with Gasteiger partial charge in [-0.05, 0) is 16.7 Å². The number of hydrogen-bond acceptors (Lipinski definition) is 1. The molecule has 1 nitrogen and oxygen atoms in total. The Morgan fingerprint density at radius 1 is 1.62 bits per heavy atom. The molecule has 0 aromatic heterocycles. The average molecular weight is 185 g/mol. The van der Waals surface area contributed by atoms with E-state index in [4.69, 9.17) is 0 Å². The van der Waals surface area contributed by atoms with E-state index in [0.717, 1.165) is 5.92 Å². The molecule has 1 aliphatic carbocycles. The van der Waals surface area contributed by atoms with Crippen LogP contribution in [-0.2, 0) is 0 Å². The zero-order valence-corrected chi connectivity index (χ0v) is 10.9. The third-order valence-electron chi connectivity index (χ3n) is 2.85. The van der Waals surface area contributed by atoms with Gasteiger partial charge in [-0.1, -0.05) is 19.3 Å². The number of hydrogen-bond donors (Lipinski definition) is 1. The van der Waals surface area contributed by atoms with Crippen LogP contribution in [0.25, 0.3) is 0 Å². The van der Waals surface area contributed by atoms with Gasteiger partial charge in [-0.15, -0.1) is 17.8 Å². The maximum absolute atomic E-state index is 3.53. The quantitative estimate of drug-likeness (QED) is 0.331. The molecule has 1 unspecified atom stereocenters. The molecule has 0 saturated carbocycles. The second kappa shape index (κ2) is 4.46. The molecule has 1 heterocycles. The van der Waals surface area contributed by atoms with E-state index in [2.05, 4.69) is 24.4 Å². The Morgan fingerprint density at radius 2 is 2.38 bits per heavy atom. The summed E-state index contributed by atoms with van der Waals surface area (Å²) in [7, 11) is 1.21. The summed E-state index contributed by atoms with van der Waals surface area (Å²) >= 11 is 0. The van der Waals surface area contributed by atoms with Crippen LogP contribution in [0, 0.1) is 11.5 Å². The SMILES string of the molecule is CC1CCNC2=C1C=CC[C-]2[SiH3].[Li+]. The topological polar surface area (TPSA) is 12.0 Å². The van der Waals surface area contributed by atoms with Crippen LogP contribution in [-0.4, -0.2) is 16.8 Å². The Bertz CT molecular complexity index is 247. The van der Waals surface area contributed by atoms with E-state index in [1.165, 1.54) is 35.3 Å². The molecule has 0 radical (unpaired) electrons. The summed E-state index contributed by atoms with van der Waals surface area (Å²) in [6, 6.07) is 0. The van der Waals surface area contributed by atoms with Crippen LogP contribution in [0.2, 0.25) is 0 Å². The van der Waals surface area contributed by atoms with Crippen molar-refractivity contribution in [2.24, 2.45) is 5.92 Å². The third kappa shape index (κ3) is 2.07. The molecule has 3 heteroatoms. The molecule has 66 valence electrons. The van der Waals surface area contributed by atoms with Crippen molar-refractivity contribution in [3.8, 4) is 0 Å². The first kappa shape index (κ1) is 11.0. The predicted molar refractivity (Wildman–Crippen MR) is 55.7 cm³/mol. The van der Waals surface area contributed by atoms with Gasteiger partial charge in [-0.3, -0.25) is 0 Å². The van der Waals surface area contributed by atoms with Gasteiger partial charge in [0.15, 0.2) is 0 Å². The summed E-state index contributed by atoms with van der Waals surface area (Å²) in [5.41, 5.74) is 4.68. The Hall–Kier alpha value is -0.0357. The molecule has 0 amide bonds. The molecule has 0 saturated heterocycles. The van der Waals surface area contributed by atoms with Crippen LogP contribution >= 0.6 is 0 Å². The molecule has 1 atom stereocenters. The van der Waals surface area contributed by atoms with Gasteiger partial charge in [0.05, 0.1) is 0 Å². The maximum Gasteiger partial charge on any atom is 1.00 e. The van der Waals surface area contributed by atoms with Gasteiger partial charge in [0.25, 0.3) is 0 Å². The van der Waals surface area contributed by atoms with E-state index in [-0.39, 0.29) is 18.9 Å². The van der Waals surface area contributed by atoms with Crippen LogP contribution in [0.5, 0.6) is 0 Å². The van der Waals surface area contributed by atoms with Crippen molar-refractivity contribution < 1.29 is 18.9 Å². The second-order valence-electron chi connectivity index (χ2n) is 3.83. The molecule has 0 fully saturated rings. The normalized spacial score (nSPS) is 26.5. The van der Waals surface area contributed by atoms with Crippen molar-refractivity contribution >= 4 is 10.2 Å². The number of rotatable bonds is 0. The summed E-state index contributed by atoms with van der Waals surface area (Å²) in [6.07, 6.45) is 7.10. The van der Waals surface area contributed by atoms with Gasteiger partial charge in [-0.25, -0.2) is 5.54 Å². The molecular formula is C10H16LiNSi. The Kier molecular flexibility index (Phi) is 3.79. The van der Waals surface area contributed by atoms with Gasteiger partial charge < -0.3 is 5.32 Å². The van der Waals surface area contributed by atoms with E-state index >= 15 is 0 Å². The molecule has 0 aromatic carbocycles. The Morgan fingerprint density at radius 3 is 3.08 bits per heavy atom. The first-order chi connectivity index (χ1) is 5.79. The standard InChI is InChI=1S/C10H16NSi.Li/c1-7-5-6-11-10-8(7)3-2-4-9(10)12;/h2-3,7,11H,4-6H2,1,12H3;/q-1;+1. The van der Waals surface area contributed by atoms with Crippen molar-refractivity contribution in [1.29, 1.82) is 0 Å². The molecule has 2 aliphatic rings. The predicted octanol–water partition coefficient (Wildman–Crippen LogP) is -2.27. The first-order valence-electron chi connectivity index (χ1n) is 4.76. The fourth-order valence-electron chi connectivity index (χ4n) is 2.03. The van der Waals surface area contributed by atoms with E-state index < -0.39 is 0 Å². The summed E-state index contributed by atoms with van der Waals surface area (Å²) in [5.74, 6) is 0.766. The average Bonchev–Trinajstić information content (AvgIpc) is 2.07. The van der Waals surface area contributed by atoms with Crippen LogP contribution in [0.1, 0.15) is 19.8 Å². The van der Waals surface area contributed by atoms with Gasteiger partial charge in [0.2, 0.25) is 0 Å². The summed E-state index contributed by atoms with van der Waals surface area (Å²) < 4.78 is 0. The monoisotopic (exact) mass is 185 g/mol. The molecule has 2 rings (SSSR count). The number of nitrogens with one attached hydrogen (secondary N) is 1. The maximum atomic E-state index is 3.53. The van der Waals surface area contributed by atoms with Gasteiger partial charge in [0, 0.05) is 6.54 Å². The minimum absolute atomic E-state index is 0. The summed E-state index contributed by atoms with van der Waals surface area (Å²) in [5, 5.41) is 3.53. The van der Waals surface area contributed by atoms with Gasteiger partial charge in [-0.2, -0.15) is 5.57 Å². The van der Waals surface area contributed by atoms with E-state index in [1.807, 2.05) is 0 Å². The second-order valence-corrected chi connectivity index (χ2v) is 5.04. The molecule has 0 bridgehead atoms. The molecule has 1 aliphatic heterocycles. The zero-order valence-electron chi connectivity index (χ0n) is 8.85. The van der Waals surface area contributed by atoms with Crippen molar-refractivity contribution in [2.45, 2.75) is 19.8 Å². The molecule has 0 spiro atoms. The van der Waals surface area contributed by atoms with E-state index in [1.54, 1.807) is 11.1 Å². The zero-order chi connectivity index (χ0) is 8.55. The Labute approximate surface area is 95.7 Å².